The van der Waals surface area contributed by atoms with Crippen LogP contribution in [0.4, 0.5) is 19.0 Å². The number of ether oxygens (including phenoxy) is 1. The molecule has 3 nitrogen and oxygen atoms in total. The van der Waals surface area contributed by atoms with E-state index in [1.807, 2.05) is 6.92 Å². The van der Waals surface area contributed by atoms with Gasteiger partial charge in [-0.15, -0.1) is 0 Å². The van der Waals surface area contributed by atoms with Gasteiger partial charge in [-0.25, -0.2) is 4.98 Å². The summed E-state index contributed by atoms with van der Waals surface area (Å²) in [7, 11) is 0. The lowest BCUT2D eigenvalue weighted by Gasteiger charge is -2.13. The molecule has 6 heteroatoms. The second-order valence-corrected chi connectivity index (χ2v) is 4.33. The Balaban J connectivity index is 2.12. The number of rotatable bonds is 5. The number of aromatic nitrogens is 1. The molecule has 0 radical (unpaired) electrons. The summed E-state index contributed by atoms with van der Waals surface area (Å²) in [6.07, 6.45) is -4.43. The molecular formula is C15H15F3N2O. The molecule has 0 bridgehead atoms. The molecular weight excluding hydrogens is 281 g/mol. The van der Waals surface area contributed by atoms with E-state index in [0.717, 1.165) is 6.07 Å². The van der Waals surface area contributed by atoms with E-state index in [4.69, 9.17) is 4.74 Å². The van der Waals surface area contributed by atoms with E-state index in [1.54, 1.807) is 18.2 Å². The number of pyridine rings is 1. The molecule has 0 fully saturated rings. The third-order valence-corrected chi connectivity index (χ3v) is 2.73. The number of hydrogen-bond acceptors (Lipinski definition) is 3. The minimum absolute atomic E-state index is 0.0215. The number of nitrogens with zero attached hydrogens (tertiary/aromatic N) is 1. The summed E-state index contributed by atoms with van der Waals surface area (Å²) in [5.41, 5.74) is -0.224. The van der Waals surface area contributed by atoms with Crippen LogP contribution in [0, 0.1) is 0 Å². The van der Waals surface area contributed by atoms with Crippen molar-refractivity contribution < 1.29 is 17.9 Å². The summed E-state index contributed by atoms with van der Waals surface area (Å²) >= 11 is 0. The minimum Gasteiger partial charge on any atom is -0.487 e. The van der Waals surface area contributed by atoms with Crippen LogP contribution in [-0.4, -0.2) is 11.5 Å². The lowest BCUT2D eigenvalue weighted by atomic mass is 10.2. The first-order valence-corrected chi connectivity index (χ1v) is 6.49. The quantitative estimate of drug-likeness (QED) is 0.901. The molecule has 0 aliphatic carbocycles. The zero-order valence-corrected chi connectivity index (χ0v) is 11.4. The molecule has 0 amide bonds. The Morgan fingerprint density at radius 1 is 1.10 bits per heavy atom. The number of anilines is 1. The van der Waals surface area contributed by atoms with Gasteiger partial charge in [-0.2, -0.15) is 13.2 Å². The fourth-order valence-corrected chi connectivity index (χ4v) is 1.82. The molecule has 1 aromatic heterocycles. The van der Waals surface area contributed by atoms with E-state index < -0.39 is 11.7 Å². The van der Waals surface area contributed by atoms with E-state index in [9.17, 15) is 13.2 Å². The van der Waals surface area contributed by atoms with Crippen molar-refractivity contribution in [1.29, 1.82) is 0 Å². The van der Waals surface area contributed by atoms with Gasteiger partial charge in [-0.1, -0.05) is 18.2 Å². The second kappa shape index (κ2) is 6.47. The van der Waals surface area contributed by atoms with Crippen LogP contribution in [0.15, 0.2) is 42.5 Å². The molecule has 1 N–H and O–H groups in total. The molecule has 2 rings (SSSR count). The monoisotopic (exact) mass is 296 g/mol. The highest BCUT2D eigenvalue weighted by atomic mass is 19.4. The van der Waals surface area contributed by atoms with Gasteiger partial charge >= 0.3 is 6.18 Å². The van der Waals surface area contributed by atoms with Gasteiger partial charge in [-0.3, -0.25) is 0 Å². The lowest BCUT2D eigenvalue weighted by molar-refractivity contribution is -0.139. The highest BCUT2D eigenvalue weighted by molar-refractivity contribution is 5.37. The van der Waals surface area contributed by atoms with E-state index in [1.165, 1.54) is 18.2 Å². The van der Waals surface area contributed by atoms with Crippen molar-refractivity contribution in [2.45, 2.75) is 19.7 Å². The van der Waals surface area contributed by atoms with Crippen molar-refractivity contribution in [3.05, 3.63) is 53.7 Å². The lowest BCUT2D eigenvalue weighted by Crippen LogP contribution is -2.09. The fraction of sp³-hybridized carbons (Fsp3) is 0.267. The van der Waals surface area contributed by atoms with Crippen LogP contribution in [0.5, 0.6) is 5.75 Å². The standard InChI is InChI=1S/C15H15F3N2O/c1-2-19-14-9-5-6-11(20-14)10-21-13-8-4-3-7-12(13)15(16,17)18/h3-9H,2,10H2,1H3,(H,19,20). The van der Waals surface area contributed by atoms with E-state index in [2.05, 4.69) is 10.3 Å². The highest BCUT2D eigenvalue weighted by Gasteiger charge is 2.33. The molecule has 0 aliphatic rings. The van der Waals surface area contributed by atoms with Crippen molar-refractivity contribution in [2.75, 3.05) is 11.9 Å². The van der Waals surface area contributed by atoms with Crippen LogP contribution in [0.25, 0.3) is 0 Å². The molecule has 112 valence electrons. The van der Waals surface area contributed by atoms with Crippen molar-refractivity contribution in [3.8, 4) is 5.75 Å². The van der Waals surface area contributed by atoms with Crippen molar-refractivity contribution in [2.24, 2.45) is 0 Å². The van der Waals surface area contributed by atoms with E-state index >= 15 is 0 Å². The Bertz CT molecular complexity index is 599. The maximum absolute atomic E-state index is 12.8. The van der Waals surface area contributed by atoms with Gasteiger partial charge < -0.3 is 10.1 Å². The van der Waals surface area contributed by atoms with Gasteiger partial charge in [0.05, 0.1) is 11.3 Å². The predicted molar refractivity (Wildman–Crippen MR) is 74.2 cm³/mol. The van der Waals surface area contributed by atoms with E-state index in [0.29, 0.717) is 18.1 Å². The van der Waals surface area contributed by atoms with Crippen molar-refractivity contribution in [1.82, 2.24) is 4.98 Å². The maximum Gasteiger partial charge on any atom is 0.419 e. The number of halogens is 3. The second-order valence-electron chi connectivity index (χ2n) is 4.33. The Labute approximate surface area is 120 Å². The summed E-state index contributed by atoms with van der Waals surface area (Å²) in [5.74, 6) is 0.475. The van der Waals surface area contributed by atoms with Gasteiger partial charge in [0.1, 0.15) is 18.2 Å². The molecule has 1 heterocycles. The molecule has 1 aromatic carbocycles. The number of para-hydroxylation sites is 1. The first-order valence-electron chi connectivity index (χ1n) is 6.49. The van der Waals surface area contributed by atoms with Gasteiger partial charge in [0, 0.05) is 6.54 Å². The largest absolute Gasteiger partial charge is 0.487 e. The van der Waals surface area contributed by atoms with Crippen molar-refractivity contribution in [3.63, 3.8) is 0 Å². The maximum atomic E-state index is 12.8. The third kappa shape index (κ3) is 4.11. The SMILES string of the molecule is CCNc1cccc(COc2ccccc2C(F)(F)F)n1. The first kappa shape index (κ1) is 15.2. The Hall–Kier alpha value is -2.24. The molecule has 0 atom stereocenters. The summed E-state index contributed by atoms with van der Waals surface area (Å²) < 4.78 is 43.8. The molecule has 0 aliphatic heterocycles. The zero-order valence-electron chi connectivity index (χ0n) is 11.4. The topological polar surface area (TPSA) is 34.1 Å². The fourth-order valence-electron chi connectivity index (χ4n) is 1.82. The van der Waals surface area contributed by atoms with Gasteiger partial charge in [0.25, 0.3) is 0 Å². The van der Waals surface area contributed by atoms with Gasteiger partial charge in [-0.05, 0) is 31.2 Å². The Morgan fingerprint density at radius 3 is 2.57 bits per heavy atom. The van der Waals surface area contributed by atoms with Crippen LogP contribution in [0.3, 0.4) is 0 Å². The number of hydrogen-bond donors (Lipinski definition) is 1. The summed E-state index contributed by atoms with van der Waals surface area (Å²) in [6.45, 7) is 2.63. The molecule has 21 heavy (non-hydrogen) atoms. The normalized spacial score (nSPS) is 11.2. The molecule has 2 aromatic rings. The third-order valence-electron chi connectivity index (χ3n) is 2.73. The van der Waals surface area contributed by atoms with Crippen LogP contribution in [0.1, 0.15) is 18.2 Å². The van der Waals surface area contributed by atoms with Crippen LogP contribution < -0.4 is 10.1 Å². The number of nitrogens with one attached hydrogen (secondary N) is 1. The Kier molecular flexibility index (Phi) is 4.67. The highest BCUT2D eigenvalue weighted by Crippen LogP contribution is 2.36. The molecule has 0 spiro atoms. The Morgan fingerprint density at radius 2 is 1.86 bits per heavy atom. The number of alkyl halides is 3. The molecule has 0 saturated heterocycles. The molecule has 0 unspecified atom stereocenters. The van der Waals surface area contributed by atoms with Crippen LogP contribution in [0.2, 0.25) is 0 Å². The first-order chi connectivity index (χ1) is 10.0. The average Bonchev–Trinajstić information content (AvgIpc) is 2.45. The van der Waals surface area contributed by atoms with Crippen LogP contribution in [-0.2, 0) is 12.8 Å². The number of benzene rings is 1. The smallest absolute Gasteiger partial charge is 0.419 e. The summed E-state index contributed by atoms with van der Waals surface area (Å²) in [4.78, 5) is 4.25. The van der Waals surface area contributed by atoms with E-state index in [-0.39, 0.29) is 12.4 Å². The molecule has 0 saturated carbocycles. The van der Waals surface area contributed by atoms with Crippen molar-refractivity contribution >= 4 is 5.82 Å². The average molecular weight is 296 g/mol. The van der Waals surface area contributed by atoms with Gasteiger partial charge in [0.2, 0.25) is 0 Å². The minimum atomic E-state index is -4.43. The van der Waals surface area contributed by atoms with Crippen LogP contribution >= 0.6 is 0 Å². The summed E-state index contributed by atoms with van der Waals surface area (Å²) in [6, 6.07) is 10.4. The predicted octanol–water partition coefficient (Wildman–Crippen LogP) is 4.11. The zero-order chi connectivity index (χ0) is 15.3. The van der Waals surface area contributed by atoms with Gasteiger partial charge in [0.15, 0.2) is 0 Å². The summed E-state index contributed by atoms with van der Waals surface area (Å²) in [5, 5.41) is 3.04.